The highest BCUT2D eigenvalue weighted by Crippen LogP contribution is 2.36. The van der Waals surface area contributed by atoms with Gasteiger partial charge in [0.15, 0.2) is 0 Å². The Bertz CT molecular complexity index is 660. The van der Waals surface area contributed by atoms with E-state index in [1.54, 1.807) is 19.4 Å². The van der Waals surface area contributed by atoms with Crippen molar-refractivity contribution in [3.63, 3.8) is 0 Å². The normalized spacial score (nSPS) is 17.5. The third-order valence-electron chi connectivity index (χ3n) is 3.93. The highest BCUT2D eigenvalue weighted by Gasteiger charge is 2.28. The molecule has 0 N–H and O–H groups in total. The van der Waals surface area contributed by atoms with Gasteiger partial charge in [-0.25, -0.2) is 4.98 Å². The molecule has 0 saturated carbocycles. The van der Waals surface area contributed by atoms with Crippen molar-refractivity contribution in [2.75, 3.05) is 18.6 Å². The van der Waals surface area contributed by atoms with Crippen molar-refractivity contribution in [1.29, 1.82) is 5.26 Å². The standard InChI is InChI=1S/C17H17N3O/c1-21-15-8-6-13(7-9-15)16-5-3-11-20(16)17-14(12-18)4-2-10-19-17/h2,4,6-10,16H,3,5,11H2,1H3. The number of benzene rings is 1. The van der Waals surface area contributed by atoms with Gasteiger partial charge in [0.25, 0.3) is 0 Å². The van der Waals surface area contributed by atoms with Crippen molar-refractivity contribution in [1.82, 2.24) is 4.98 Å². The number of rotatable bonds is 3. The molecule has 1 fully saturated rings. The Morgan fingerprint density at radius 1 is 1.29 bits per heavy atom. The molecular formula is C17H17N3O. The zero-order chi connectivity index (χ0) is 14.7. The lowest BCUT2D eigenvalue weighted by Crippen LogP contribution is -2.24. The van der Waals surface area contributed by atoms with Gasteiger partial charge in [0.1, 0.15) is 17.6 Å². The number of nitriles is 1. The van der Waals surface area contributed by atoms with Gasteiger partial charge in [0, 0.05) is 12.7 Å². The van der Waals surface area contributed by atoms with Gasteiger partial charge in [-0.2, -0.15) is 5.26 Å². The Balaban J connectivity index is 1.93. The molecule has 1 aromatic heterocycles. The van der Waals surface area contributed by atoms with Crippen LogP contribution in [0.5, 0.6) is 5.75 Å². The van der Waals surface area contributed by atoms with Crippen LogP contribution in [0.4, 0.5) is 5.82 Å². The first-order valence-electron chi connectivity index (χ1n) is 7.09. The summed E-state index contributed by atoms with van der Waals surface area (Å²) < 4.78 is 5.21. The van der Waals surface area contributed by atoms with Crippen molar-refractivity contribution < 1.29 is 4.74 Å². The van der Waals surface area contributed by atoms with Crippen molar-refractivity contribution in [3.8, 4) is 11.8 Å². The maximum Gasteiger partial charge on any atom is 0.146 e. The van der Waals surface area contributed by atoms with Gasteiger partial charge < -0.3 is 9.64 Å². The molecule has 4 nitrogen and oxygen atoms in total. The molecule has 0 spiro atoms. The van der Waals surface area contributed by atoms with Crippen LogP contribution >= 0.6 is 0 Å². The van der Waals surface area contributed by atoms with Crippen molar-refractivity contribution in [2.45, 2.75) is 18.9 Å². The van der Waals surface area contributed by atoms with E-state index in [9.17, 15) is 5.26 Å². The van der Waals surface area contributed by atoms with Crippen LogP contribution in [0, 0.1) is 11.3 Å². The van der Waals surface area contributed by atoms with Crippen LogP contribution in [0.25, 0.3) is 0 Å². The van der Waals surface area contributed by atoms with Crippen LogP contribution in [0.15, 0.2) is 42.6 Å². The smallest absolute Gasteiger partial charge is 0.146 e. The van der Waals surface area contributed by atoms with Crippen molar-refractivity contribution in [2.24, 2.45) is 0 Å². The summed E-state index contributed by atoms with van der Waals surface area (Å²) in [5, 5.41) is 9.27. The summed E-state index contributed by atoms with van der Waals surface area (Å²) in [6.07, 6.45) is 3.94. The Kier molecular flexibility index (Phi) is 3.74. The number of hydrogen-bond acceptors (Lipinski definition) is 4. The first kappa shape index (κ1) is 13.4. The number of methoxy groups -OCH3 is 1. The molecule has 21 heavy (non-hydrogen) atoms. The van der Waals surface area contributed by atoms with Crippen molar-refractivity contribution >= 4 is 5.82 Å². The van der Waals surface area contributed by atoms with Crippen LogP contribution in [-0.2, 0) is 0 Å². The summed E-state index contributed by atoms with van der Waals surface area (Å²) in [7, 11) is 1.67. The van der Waals surface area contributed by atoms with Crippen molar-refractivity contribution in [3.05, 3.63) is 53.7 Å². The topological polar surface area (TPSA) is 49.1 Å². The molecule has 2 heterocycles. The van der Waals surface area contributed by atoms with Gasteiger partial charge in [-0.3, -0.25) is 0 Å². The second kappa shape index (κ2) is 5.84. The summed E-state index contributed by atoms with van der Waals surface area (Å²) in [5.74, 6) is 1.65. The molecule has 1 aromatic carbocycles. The van der Waals surface area contributed by atoms with Crippen LogP contribution in [0.3, 0.4) is 0 Å². The summed E-state index contributed by atoms with van der Waals surface area (Å²) >= 11 is 0. The first-order valence-corrected chi connectivity index (χ1v) is 7.09. The fraction of sp³-hybridized carbons (Fsp3) is 0.294. The molecule has 2 aromatic rings. The largest absolute Gasteiger partial charge is 0.497 e. The number of anilines is 1. The summed E-state index contributed by atoms with van der Waals surface area (Å²) in [4.78, 5) is 6.66. The molecule has 1 saturated heterocycles. The SMILES string of the molecule is COc1ccc(C2CCCN2c2ncccc2C#N)cc1. The van der Waals surface area contributed by atoms with E-state index < -0.39 is 0 Å². The minimum absolute atomic E-state index is 0.276. The Hall–Kier alpha value is -2.54. The monoisotopic (exact) mass is 279 g/mol. The second-order valence-electron chi connectivity index (χ2n) is 5.11. The quantitative estimate of drug-likeness (QED) is 0.865. The molecule has 1 aliphatic heterocycles. The first-order chi connectivity index (χ1) is 10.3. The average molecular weight is 279 g/mol. The summed E-state index contributed by atoms with van der Waals surface area (Å²) in [6.45, 7) is 0.933. The Labute approximate surface area is 124 Å². The van der Waals surface area contributed by atoms with Gasteiger partial charge in [-0.05, 0) is 42.7 Å². The van der Waals surface area contributed by atoms with Gasteiger partial charge in [-0.1, -0.05) is 12.1 Å². The Morgan fingerprint density at radius 3 is 2.81 bits per heavy atom. The molecule has 0 bridgehead atoms. The number of nitrogens with zero attached hydrogens (tertiary/aromatic N) is 3. The van der Waals surface area contributed by atoms with Gasteiger partial charge in [-0.15, -0.1) is 0 Å². The van der Waals surface area contributed by atoms with Gasteiger partial charge in [0.05, 0.1) is 18.7 Å². The molecule has 4 heteroatoms. The number of hydrogen-bond donors (Lipinski definition) is 0. The van der Waals surface area contributed by atoms with Crippen LogP contribution in [0.2, 0.25) is 0 Å². The zero-order valence-electron chi connectivity index (χ0n) is 12.0. The third-order valence-corrected chi connectivity index (χ3v) is 3.93. The van der Waals surface area contributed by atoms with E-state index in [2.05, 4.69) is 28.1 Å². The maximum atomic E-state index is 9.27. The highest BCUT2D eigenvalue weighted by molar-refractivity contribution is 5.56. The lowest BCUT2D eigenvalue weighted by atomic mass is 10.0. The molecule has 0 amide bonds. The van der Waals surface area contributed by atoms with Crippen LogP contribution in [0.1, 0.15) is 30.0 Å². The van der Waals surface area contributed by atoms with Crippen LogP contribution in [-0.4, -0.2) is 18.6 Å². The fourth-order valence-corrected chi connectivity index (χ4v) is 2.91. The molecule has 1 atom stereocenters. The van der Waals surface area contributed by atoms with Crippen LogP contribution < -0.4 is 9.64 Å². The average Bonchev–Trinajstić information content (AvgIpc) is 3.04. The molecule has 1 unspecified atom stereocenters. The van der Waals surface area contributed by atoms with E-state index in [1.165, 1.54) is 5.56 Å². The predicted octanol–water partition coefficient (Wildman–Crippen LogP) is 3.30. The van der Waals surface area contributed by atoms with Gasteiger partial charge in [0.2, 0.25) is 0 Å². The third kappa shape index (κ3) is 2.55. The highest BCUT2D eigenvalue weighted by atomic mass is 16.5. The summed E-state index contributed by atoms with van der Waals surface area (Å²) in [5.41, 5.74) is 1.88. The zero-order valence-corrected chi connectivity index (χ0v) is 12.0. The van der Waals surface area contributed by atoms with E-state index in [1.807, 2.05) is 18.2 Å². The Morgan fingerprint density at radius 2 is 2.10 bits per heavy atom. The second-order valence-corrected chi connectivity index (χ2v) is 5.11. The van der Waals surface area contributed by atoms with E-state index in [4.69, 9.17) is 4.74 Å². The molecule has 3 rings (SSSR count). The number of pyridine rings is 1. The molecule has 1 aliphatic rings. The number of ether oxygens (including phenoxy) is 1. The predicted molar refractivity (Wildman–Crippen MR) is 81.3 cm³/mol. The number of aromatic nitrogens is 1. The lowest BCUT2D eigenvalue weighted by Gasteiger charge is -2.26. The van der Waals surface area contributed by atoms with E-state index in [-0.39, 0.29) is 6.04 Å². The molecular weight excluding hydrogens is 262 g/mol. The van der Waals surface area contributed by atoms with Gasteiger partial charge >= 0.3 is 0 Å². The minimum Gasteiger partial charge on any atom is -0.497 e. The van der Waals surface area contributed by atoms with E-state index >= 15 is 0 Å². The van der Waals surface area contributed by atoms with E-state index in [0.29, 0.717) is 5.56 Å². The fourth-order valence-electron chi connectivity index (χ4n) is 2.91. The lowest BCUT2D eigenvalue weighted by molar-refractivity contribution is 0.414. The molecule has 106 valence electrons. The maximum absolute atomic E-state index is 9.27. The summed E-state index contributed by atoms with van der Waals surface area (Å²) in [6, 6.07) is 14.3. The molecule has 0 aliphatic carbocycles. The minimum atomic E-state index is 0.276. The molecule has 0 radical (unpaired) electrons. The van der Waals surface area contributed by atoms with E-state index in [0.717, 1.165) is 31.0 Å².